The summed E-state index contributed by atoms with van der Waals surface area (Å²) in [5.74, 6) is -5.88. The minimum atomic E-state index is -1.63. The van der Waals surface area contributed by atoms with Crippen LogP contribution in [0.3, 0.4) is 0 Å². The summed E-state index contributed by atoms with van der Waals surface area (Å²) in [6.07, 6.45) is -0.944. The van der Waals surface area contributed by atoms with Crippen LogP contribution in [-0.4, -0.2) is 154 Å². The van der Waals surface area contributed by atoms with Crippen molar-refractivity contribution in [3.63, 3.8) is 0 Å². The van der Waals surface area contributed by atoms with E-state index in [-0.39, 0.29) is 25.9 Å². The second kappa shape index (κ2) is 25.7. The van der Waals surface area contributed by atoms with Gasteiger partial charge in [-0.15, -0.1) is 0 Å². The van der Waals surface area contributed by atoms with Gasteiger partial charge in [0.2, 0.25) is 23.6 Å². The van der Waals surface area contributed by atoms with Gasteiger partial charge in [0, 0.05) is 19.5 Å². The van der Waals surface area contributed by atoms with E-state index in [2.05, 4.69) is 31.9 Å². The van der Waals surface area contributed by atoms with Gasteiger partial charge in [0.1, 0.15) is 24.2 Å². The molecule has 53 heavy (non-hydrogen) atoms. The van der Waals surface area contributed by atoms with Gasteiger partial charge in [-0.05, 0) is 44.7 Å². The Morgan fingerprint density at radius 1 is 0.698 bits per heavy atom. The van der Waals surface area contributed by atoms with E-state index in [0.29, 0.717) is 19.4 Å². The summed E-state index contributed by atoms with van der Waals surface area (Å²) in [6, 6.07) is 0.561. The summed E-state index contributed by atoms with van der Waals surface area (Å²) in [6.45, 7) is -0.624. The molecule has 20 heteroatoms. The van der Waals surface area contributed by atoms with Crippen molar-refractivity contribution in [2.75, 3.05) is 39.5 Å². The molecule has 1 rings (SSSR count). The fraction of sp³-hybridized carbons (Fsp3) is 0.636. The van der Waals surface area contributed by atoms with E-state index in [1.807, 2.05) is 0 Å². The van der Waals surface area contributed by atoms with Crippen LogP contribution in [0.4, 0.5) is 0 Å². The fourth-order valence-corrected chi connectivity index (χ4v) is 4.96. The molecule has 4 amide bonds. The second-order valence-electron chi connectivity index (χ2n) is 12.5. The number of hydrogen-bond acceptors (Lipinski definition) is 14. The Bertz CT molecular complexity index is 1290. The zero-order chi connectivity index (χ0) is 39.9. The maximum Gasteiger partial charge on any atom is 0.321 e. The molecule has 20 nitrogen and oxygen atoms in total. The van der Waals surface area contributed by atoms with Gasteiger partial charge in [0.05, 0.1) is 44.1 Å². The standard InChI is InChI=1S/C33H56N8O12/c1-19(45)28(41-31(50)25(10-11-27(46)47)40-29(48)23(35)18-44)32(51)39-22(17-43)14-36-24(9-5-6-12-34)30(49)38-21(16-42)15-37-26(33(52)53)13-20-7-3-2-4-8-20/h2-4,7-8,19,21-26,28,36-37,42-45H,5-6,9-18,34-35H2,1H3,(H,38,49)(H,39,51)(H,40,48)(H,41,50)(H,46,47)(H,52,53). The van der Waals surface area contributed by atoms with Gasteiger partial charge >= 0.3 is 11.9 Å². The molecule has 8 atom stereocenters. The molecular formula is C33H56N8O12. The van der Waals surface area contributed by atoms with E-state index in [4.69, 9.17) is 21.7 Å². The number of carboxylic acid groups (broad SMARTS) is 2. The zero-order valence-corrected chi connectivity index (χ0v) is 29.8. The lowest BCUT2D eigenvalue weighted by Crippen LogP contribution is -2.61. The normalized spacial score (nSPS) is 15.8. The third-order valence-electron chi connectivity index (χ3n) is 8.07. The SMILES string of the molecule is CC(O)C(NC(=O)C(CCC(=O)O)NC(=O)C(N)CO)C(=O)NC(CO)CNC(CCCCN)C(=O)NC(CO)CNC(Cc1ccccc1)C(=O)O. The molecule has 8 unspecified atom stereocenters. The van der Waals surface area contributed by atoms with E-state index in [1.165, 1.54) is 6.92 Å². The number of rotatable bonds is 28. The molecule has 0 saturated carbocycles. The summed E-state index contributed by atoms with van der Waals surface area (Å²) in [7, 11) is 0. The Labute approximate surface area is 307 Å². The van der Waals surface area contributed by atoms with Gasteiger partial charge in [-0.2, -0.15) is 0 Å². The smallest absolute Gasteiger partial charge is 0.321 e. The number of unbranched alkanes of at least 4 members (excludes halogenated alkanes) is 1. The summed E-state index contributed by atoms with van der Waals surface area (Å²) in [5, 5.41) is 73.6. The van der Waals surface area contributed by atoms with E-state index in [1.54, 1.807) is 30.3 Å². The highest BCUT2D eigenvalue weighted by atomic mass is 16.4. The first-order valence-corrected chi connectivity index (χ1v) is 17.3. The minimum absolute atomic E-state index is 0.0710. The van der Waals surface area contributed by atoms with Gasteiger partial charge in [-0.25, -0.2) is 0 Å². The number of nitrogens with two attached hydrogens (primary N) is 2. The number of carboxylic acids is 2. The average Bonchev–Trinajstić information content (AvgIpc) is 3.13. The quantitative estimate of drug-likeness (QED) is 0.0355. The maximum absolute atomic E-state index is 13.3. The number of carbonyl (C=O) groups is 6. The van der Waals surface area contributed by atoms with Crippen LogP contribution in [0, 0.1) is 0 Å². The molecule has 0 aliphatic heterocycles. The number of aliphatic hydroxyl groups is 4. The number of aliphatic hydroxyl groups excluding tert-OH is 4. The lowest BCUT2D eigenvalue weighted by molar-refractivity contribution is -0.140. The van der Waals surface area contributed by atoms with Crippen LogP contribution in [0.1, 0.15) is 44.6 Å². The van der Waals surface area contributed by atoms with Crippen LogP contribution >= 0.6 is 0 Å². The van der Waals surface area contributed by atoms with E-state index < -0.39 is 117 Å². The number of hydrogen-bond donors (Lipinski definition) is 14. The average molecular weight is 757 g/mol. The van der Waals surface area contributed by atoms with Crippen molar-refractivity contribution in [2.24, 2.45) is 11.5 Å². The van der Waals surface area contributed by atoms with Crippen LogP contribution in [0.5, 0.6) is 0 Å². The molecule has 0 aromatic heterocycles. The molecule has 0 aliphatic rings. The van der Waals surface area contributed by atoms with Gasteiger partial charge in [0.25, 0.3) is 0 Å². The summed E-state index contributed by atoms with van der Waals surface area (Å²) in [4.78, 5) is 74.7. The van der Waals surface area contributed by atoms with Crippen molar-refractivity contribution < 1.29 is 59.4 Å². The van der Waals surface area contributed by atoms with Crippen molar-refractivity contribution in [1.82, 2.24) is 31.9 Å². The molecule has 1 aromatic carbocycles. The first kappa shape index (κ1) is 46.7. The first-order valence-electron chi connectivity index (χ1n) is 17.3. The molecule has 0 radical (unpaired) electrons. The molecule has 0 fully saturated rings. The third-order valence-corrected chi connectivity index (χ3v) is 8.07. The molecule has 0 bridgehead atoms. The predicted octanol–water partition coefficient (Wildman–Crippen LogP) is -5.15. The minimum Gasteiger partial charge on any atom is -0.481 e. The van der Waals surface area contributed by atoms with Crippen molar-refractivity contribution in [3.05, 3.63) is 35.9 Å². The Kier molecular flexibility index (Phi) is 22.6. The molecule has 0 saturated heterocycles. The summed E-state index contributed by atoms with van der Waals surface area (Å²) >= 11 is 0. The van der Waals surface area contributed by atoms with Crippen molar-refractivity contribution >= 4 is 35.6 Å². The highest BCUT2D eigenvalue weighted by molar-refractivity contribution is 5.93. The van der Waals surface area contributed by atoms with Crippen molar-refractivity contribution in [1.29, 1.82) is 0 Å². The number of aliphatic carboxylic acids is 2. The third kappa shape index (κ3) is 18.4. The molecule has 0 aliphatic carbocycles. The van der Waals surface area contributed by atoms with E-state index in [9.17, 15) is 49.2 Å². The Balaban J connectivity index is 2.96. The molecule has 0 spiro atoms. The van der Waals surface area contributed by atoms with Crippen LogP contribution < -0.4 is 43.4 Å². The fourth-order valence-electron chi connectivity index (χ4n) is 4.96. The summed E-state index contributed by atoms with van der Waals surface area (Å²) < 4.78 is 0. The lowest BCUT2D eigenvalue weighted by atomic mass is 10.1. The van der Waals surface area contributed by atoms with Crippen LogP contribution in [-0.2, 0) is 35.2 Å². The monoisotopic (exact) mass is 756 g/mol. The van der Waals surface area contributed by atoms with E-state index in [0.717, 1.165) is 5.56 Å². The molecule has 16 N–H and O–H groups in total. The molecular weight excluding hydrogens is 700 g/mol. The number of carbonyl (C=O) groups excluding carboxylic acids is 4. The van der Waals surface area contributed by atoms with E-state index >= 15 is 0 Å². The largest absolute Gasteiger partial charge is 0.481 e. The topological polar surface area (TPSA) is 348 Å². The highest BCUT2D eigenvalue weighted by Gasteiger charge is 2.32. The van der Waals surface area contributed by atoms with Crippen LogP contribution in [0.25, 0.3) is 0 Å². The van der Waals surface area contributed by atoms with Crippen molar-refractivity contribution in [2.45, 2.75) is 93.8 Å². The first-order chi connectivity index (χ1) is 25.2. The Hall–Kier alpha value is -4.28. The molecule has 0 heterocycles. The van der Waals surface area contributed by atoms with Crippen LogP contribution in [0.2, 0.25) is 0 Å². The van der Waals surface area contributed by atoms with Gasteiger partial charge in [0.15, 0.2) is 0 Å². The van der Waals surface area contributed by atoms with Gasteiger partial charge in [-0.1, -0.05) is 36.8 Å². The number of amides is 4. The predicted molar refractivity (Wildman–Crippen MR) is 190 cm³/mol. The van der Waals surface area contributed by atoms with Gasteiger partial charge < -0.3 is 74.0 Å². The number of nitrogens with one attached hydrogen (secondary N) is 6. The van der Waals surface area contributed by atoms with Crippen molar-refractivity contribution in [3.8, 4) is 0 Å². The summed E-state index contributed by atoms with van der Waals surface area (Å²) in [5.41, 5.74) is 11.9. The number of benzene rings is 1. The highest BCUT2D eigenvalue weighted by Crippen LogP contribution is 2.06. The van der Waals surface area contributed by atoms with Gasteiger partial charge in [-0.3, -0.25) is 28.8 Å². The lowest BCUT2D eigenvalue weighted by Gasteiger charge is -2.28. The zero-order valence-electron chi connectivity index (χ0n) is 29.8. The Morgan fingerprint density at radius 2 is 1.26 bits per heavy atom. The second-order valence-corrected chi connectivity index (χ2v) is 12.5. The Morgan fingerprint density at radius 3 is 1.77 bits per heavy atom. The molecule has 1 aromatic rings. The van der Waals surface area contributed by atoms with Crippen LogP contribution in [0.15, 0.2) is 30.3 Å². The molecule has 300 valence electrons. The maximum atomic E-state index is 13.3.